The predicted octanol–water partition coefficient (Wildman–Crippen LogP) is 3.93. The molecule has 112 valence electrons. The highest BCUT2D eigenvalue weighted by Gasteiger charge is 2.20. The van der Waals surface area contributed by atoms with E-state index >= 15 is 0 Å². The van der Waals surface area contributed by atoms with Crippen LogP contribution in [0.15, 0.2) is 24.3 Å². The second kappa shape index (κ2) is 7.02. The van der Waals surface area contributed by atoms with Crippen LogP contribution in [0.3, 0.4) is 0 Å². The quantitative estimate of drug-likeness (QED) is 0.755. The third-order valence-corrected chi connectivity index (χ3v) is 3.17. The van der Waals surface area contributed by atoms with Gasteiger partial charge in [0.15, 0.2) is 0 Å². The standard InChI is InChI=1S/C15H20ClF2NO/c1-15(2,3)12-6-4-11(5-7-12)14(20)19(9-8-16)10-13(17)18/h4-7,13H,8-10H2,1-3H3. The van der Waals surface area contributed by atoms with Gasteiger partial charge < -0.3 is 4.90 Å². The van der Waals surface area contributed by atoms with Crippen molar-refractivity contribution in [3.8, 4) is 0 Å². The average molecular weight is 304 g/mol. The van der Waals surface area contributed by atoms with Crippen molar-refractivity contribution in [2.75, 3.05) is 19.0 Å². The lowest BCUT2D eigenvalue weighted by atomic mass is 9.86. The summed E-state index contributed by atoms with van der Waals surface area (Å²) >= 11 is 5.56. The minimum Gasteiger partial charge on any atom is -0.332 e. The van der Waals surface area contributed by atoms with E-state index in [2.05, 4.69) is 20.8 Å². The van der Waals surface area contributed by atoms with Gasteiger partial charge in [-0.3, -0.25) is 4.79 Å². The van der Waals surface area contributed by atoms with Crippen molar-refractivity contribution in [3.05, 3.63) is 35.4 Å². The van der Waals surface area contributed by atoms with Crippen molar-refractivity contribution in [3.63, 3.8) is 0 Å². The van der Waals surface area contributed by atoms with Gasteiger partial charge in [-0.25, -0.2) is 8.78 Å². The second-order valence-corrected chi connectivity index (χ2v) is 6.04. The molecule has 0 aliphatic carbocycles. The summed E-state index contributed by atoms with van der Waals surface area (Å²) in [5.74, 6) is -0.273. The van der Waals surface area contributed by atoms with Crippen LogP contribution in [0.2, 0.25) is 0 Å². The number of halogens is 3. The van der Waals surface area contributed by atoms with E-state index in [0.29, 0.717) is 5.56 Å². The van der Waals surface area contributed by atoms with Crippen molar-refractivity contribution in [2.45, 2.75) is 32.6 Å². The molecule has 0 atom stereocenters. The van der Waals surface area contributed by atoms with Gasteiger partial charge in [0.2, 0.25) is 0 Å². The SMILES string of the molecule is CC(C)(C)c1ccc(C(=O)N(CCCl)CC(F)F)cc1. The van der Waals surface area contributed by atoms with E-state index in [1.807, 2.05) is 12.1 Å². The second-order valence-electron chi connectivity index (χ2n) is 5.66. The van der Waals surface area contributed by atoms with Gasteiger partial charge in [-0.1, -0.05) is 32.9 Å². The number of carbonyl (C=O) groups excluding carboxylic acids is 1. The average Bonchev–Trinajstić information content (AvgIpc) is 2.36. The van der Waals surface area contributed by atoms with E-state index in [1.54, 1.807) is 12.1 Å². The fourth-order valence-corrected chi connectivity index (χ4v) is 2.04. The highest BCUT2D eigenvalue weighted by atomic mass is 35.5. The first kappa shape index (κ1) is 16.9. The van der Waals surface area contributed by atoms with Gasteiger partial charge in [0.05, 0.1) is 6.54 Å². The summed E-state index contributed by atoms with van der Waals surface area (Å²) in [6, 6.07) is 7.06. The first-order valence-electron chi connectivity index (χ1n) is 6.49. The van der Waals surface area contributed by atoms with Crippen LogP contribution in [0.25, 0.3) is 0 Å². The molecule has 0 aliphatic rings. The maximum atomic E-state index is 12.5. The summed E-state index contributed by atoms with van der Waals surface area (Å²) < 4.78 is 24.9. The van der Waals surface area contributed by atoms with Crippen molar-refractivity contribution in [2.24, 2.45) is 0 Å². The summed E-state index contributed by atoms with van der Waals surface area (Å²) in [5, 5.41) is 0. The Morgan fingerprint density at radius 2 is 1.80 bits per heavy atom. The molecular weight excluding hydrogens is 284 g/mol. The molecule has 0 N–H and O–H groups in total. The van der Waals surface area contributed by atoms with Crippen molar-refractivity contribution < 1.29 is 13.6 Å². The van der Waals surface area contributed by atoms with Crippen LogP contribution in [0.4, 0.5) is 8.78 Å². The lowest BCUT2D eigenvalue weighted by Crippen LogP contribution is -2.36. The third-order valence-electron chi connectivity index (χ3n) is 3.00. The summed E-state index contributed by atoms with van der Waals surface area (Å²) in [7, 11) is 0. The molecule has 1 amide bonds. The normalized spacial score (nSPS) is 11.8. The Balaban J connectivity index is 2.89. The maximum Gasteiger partial charge on any atom is 0.255 e. The van der Waals surface area contributed by atoms with Crippen molar-refractivity contribution >= 4 is 17.5 Å². The summed E-state index contributed by atoms with van der Waals surface area (Å²) in [6.45, 7) is 5.74. The molecule has 0 bridgehead atoms. The van der Waals surface area contributed by atoms with Crippen LogP contribution < -0.4 is 0 Å². The van der Waals surface area contributed by atoms with Gasteiger partial charge in [-0.15, -0.1) is 11.6 Å². The van der Waals surface area contributed by atoms with E-state index in [1.165, 1.54) is 0 Å². The maximum absolute atomic E-state index is 12.5. The van der Waals surface area contributed by atoms with Crippen LogP contribution >= 0.6 is 11.6 Å². The molecular formula is C15H20ClF2NO. The molecule has 1 aromatic carbocycles. The van der Waals surface area contributed by atoms with Crippen LogP contribution in [0.5, 0.6) is 0 Å². The molecule has 0 saturated heterocycles. The van der Waals surface area contributed by atoms with Crippen LogP contribution in [-0.2, 0) is 5.41 Å². The molecule has 0 fully saturated rings. The number of rotatable bonds is 5. The van der Waals surface area contributed by atoms with Gasteiger partial charge in [-0.2, -0.15) is 0 Å². The van der Waals surface area contributed by atoms with Crippen molar-refractivity contribution in [1.82, 2.24) is 4.90 Å². The van der Waals surface area contributed by atoms with Gasteiger partial charge in [0.1, 0.15) is 0 Å². The molecule has 0 spiro atoms. The van der Waals surface area contributed by atoms with Gasteiger partial charge in [-0.05, 0) is 23.1 Å². The molecule has 2 nitrogen and oxygen atoms in total. The molecule has 0 aliphatic heterocycles. The number of alkyl halides is 3. The largest absolute Gasteiger partial charge is 0.332 e. The fourth-order valence-electron chi connectivity index (χ4n) is 1.84. The number of hydrogen-bond acceptors (Lipinski definition) is 1. The minimum absolute atomic E-state index is 0.0135. The van der Waals surface area contributed by atoms with E-state index < -0.39 is 18.9 Å². The molecule has 0 aromatic heterocycles. The van der Waals surface area contributed by atoms with E-state index in [0.717, 1.165) is 10.5 Å². The smallest absolute Gasteiger partial charge is 0.255 e. The Bertz CT molecular complexity index is 440. The van der Waals surface area contributed by atoms with Crippen molar-refractivity contribution in [1.29, 1.82) is 0 Å². The highest BCUT2D eigenvalue weighted by Crippen LogP contribution is 2.22. The van der Waals surface area contributed by atoms with Crippen LogP contribution in [0, 0.1) is 0 Å². The summed E-state index contributed by atoms with van der Waals surface area (Å²) in [4.78, 5) is 13.3. The lowest BCUT2D eigenvalue weighted by molar-refractivity contribution is 0.0571. The molecule has 0 radical (unpaired) electrons. The van der Waals surface area contributed by atoms with Crippen LogP contribution in [0.1, 0.15) is 36.7 Å². The number of benzene rings is 1. The molecule has 20 heavy (non-hydrogen) atoms. The Morgan fingerprint density at radius 1 is 1.25 bits per heavy atom. The molecule has 0 heterocycles. The Kier molecular flexibility index (Phi) is 5.93. The number of nitrogens with zero attached hydrogens (tertiary/aromatic N) is 1. The monoisotopic (exact) mass is 303 g/mol. The number of hydrogen-bond donors (Lipinski definition) is 0. The predicted molar refractivity (Wildman–Crippen MR) is 77.8 cm³/mol. The van der Waals surface area contributed by atoms with Crippen LogP contribution in [-0.4, -0.2) is 36.2 Å². The fraction of sp³-hybridized carbons (Fsp3) is 0.533. The topological polar surface area (TPSA) is 20.3 Å². The van der Waals surface area contributed by atoms with Gasteiger partial charge >= 0.3 is 0 Å². The molecule has 0 unspecified atom stereocenters. The minimum atomic E-state index is -2.56. The molecule has 0 saturated carbocycles. The van der Waals surface area contributed by atoms with Gasteiger partial charge in [0.25, 0.3) is 12.3 Å². The Morgan fingerprint density at radius 3 is 2.20 bits per heavy atom. The number of carbonyl (C=O) groups is 1. The summed E-state index contributed by atoms with van der Waals surface area (Å²) in [5.41, 5.74) is 1.48. The zero-order chi connectivity index (χ0) is 15.3. The first-order valence-corrected chi connectivity index (χ1v) is 7.03. The molecule has 1 aromatic rings. The molecule has 5 heteroatoms. The Labute approximate surface area is 123 Å². The van der Waals surface area contributed by atoms with E-state index in [4.69, 9.17) is 11.6 Å². The number of amides is 1. The van der Waals surface area contributed by atoms with E-state index in [-0.39, 0.29) is 17.8 Å². The molecule has 1 rings (SSSR count). The summed E-state index contributed by atoms with van der Waals surface area (Å²) in [6.07, 6.45) is -2.56. The first-order chi connectivity index (χ1) is 9.25. The van der Waals surface area contributed by atoms with Gasteiger partial charge in [0, 0.05) is 18.0 Å². The Hall–Kier alpha value is -1.16. The van der Waals surface area contributed by atoms with E-state index in [9.17, 15) is 13.6 Å². The zero-order valence-electron chi connectivity index (χ0n) is 12.0. The lowest BCUT2D eigenvalue weighted by Gasteiger charge is -2.22. The third kappa shape index (κ3) is 4.75. The highest BCUT2D eigenvalue weighted by molar-refractivity contribution is 6.18. The zero-order valence-corrected chi connectivity index (χ0v) is 12.8.